The maximum atomic E-state index is 13.2. The van der Waals surface area contributed by atoms with Crippen LogP contribution in [0.2, 0.25) is 0 Å². The van der Waals surface area contributed by atoms with Crippen molar-refractivity contribution in [3.63, 3.8) is 0 Å². The second kappa shape index (κ2) is 7.01. The lowest BCUT2D eigenvalue weighted by atomic mass is 10.2. The van der Waals surface area contributed by atoms with Gasteiger partial charge in [-0.3, -0.25) is 27.7 Å². The molecule has 0 fully saturated rings. The van der Waals surface area contributed by atoms with E-state index in [1.165, 1.54) is 11.5 Å². The molecular weight excluding hydrogens is 386 g/mol. The molecule has 0 radical (unpaired) electrons. The lowest BCUT2D eigenvalue weighted by Crippen LogP contribution is -2.40. The van der Waals surface area contributed by atoms with Gasteiger partial charge in [-0.2, -0.15) is 4.98 Å². The van der Waals surface area contributed by atoms with Crippen molar-refractivity contribution >= 4 is 22.7 Å². The van der Waals surface area contributed by atoms with Gasteiger partial charge in [-0.05, 0) is 39.8 Å². The molecule has 3 heterocycles. The van der Waals surface area contributed by atoms with Gasteiger partial charge in [0.25, 0.3) is 5.56 Å². The summed E-state index contributed by atoms with van der Waals surface area (Å²) in [6.45, 7) is 7.32. The zero-order valence-corrected chi connectivity index (χ0v) is 17.6. The Balaban J connectivity index is 2.17. The molecule has 1 aromatic carbocycles. The van der Waals surface area contributed by atoms with Gasteiger partial charge in [0, 0.05) is 18.4 Å². The SMILES string of the molecule is CCOc1ccccc1-n1c(C)c(C)n2c3c(=O)n(CC(C)=O)c(=O)n(C)c3nc12. The number of Topliss-reactive ketones (excluding diaryl/α,β-unsaturated/α-hetero) is 1. The van der Waals surface area contributed by atoms with E-state index in [1.54, 1.807) is 11.4 Å². The number of fused-ring (bicyclic) bond motifs is 3. The van der Waals surface area contributed by atoms with Crippen LogP contribution in [0.5, 0.6) is 5.75 Å². The summed E-state index contributed by atoms with van der Waals surface area (Å²) < 4.78 is 11.7. The van der Waals surface area contributed by atoms with Gasteiger partial charge in [0.15, 0.2) is 11.2 Å². The van der Waals surface area contributed by atoms with Crippen molar-refractivity contribution in [1.82, 2.24) is 23.1 Å². The number of aromatic nitrogens is 5. The molecule has 0 atom stereocenters. The highest BCUT2D eigenvalue weighted by Crippen LogP contribution is 2.29. The molecule has 3 aromatic heterocycles. The quantitative estimate of drug-likeness (QED) is 0.501. The number of carbonyl (C=O) groups excluding carboxylic acids is 1. The molecule has 4 rings (SSSR count). The van der Waals surface area contributed by atoms with Crippen molar-refractivity contribution < 1.29 is 9.53 Å². The number of ether oxygens (including phenoxy) is 1. The molecular formula is C21H23N5O4. The lowest BCUT2D eigenvalue weighted by molar-refractivity contribution is -0.117. The molecule has 0 saturated carbocycles. The Morgan fingerprint density at radius 3 is 2.50 bits per heavy atom. The Morgan fingerprint density at radius 2 is 1.83 bits per heavy atom. The predicted molar refractivity (Wildman–Crippen MR) is 113 cm³/mol. The molecule has 0 spiro atoms. The highest BCUT2D eigenvalue weighted by atomic mass is 16.5. The van der Waals surface area contributed by atoms with E-state index in [4.69, 9.17) is 4.74 Å². The lowest BCUT2D eigenvalue weighted by Gasteiger charge is -2.12. The standard InChI is InChI=1S/C21H23N5O4/c1-6-30-16-10-8-7-9-15(16)25-13(3)14(4)26-17-18(22-20(25)26)23(5)21(29)24(19(17)28)11-12(2)27/h7-10H,6,11H2,1-5H3. The number of hydrogen-bond donors (Lipinski definition) is 0. The molecule has 9 heteroatoms. The fourth-order valence-corrected chi connectivity index (χ4v) is 3.82. The van der Waals surface area contributed by atoms with Crippen LogP contribution in [0.3, 0.4) is 0 Å². The molecule has 30 heavy (non-hydrogen) atoms. The van der Waals surface area contributed by atoms with Gasteiger partial charge in [0.2, 0.25) is 5.78 Å². The molecule has 0 bridgehead atoms. The zero-order chi connectivity index (χ0) is 21.7. The largest absolute Gasteiger partial charge is 0.492 e. The van der Waals surface area contributed by atoms with Crippen molar-refractivity contribution in [3.05, 3.63) is 56.5 Å². The van der Waals surface area contributed by atoms with Crippen LogP contribution in [0.1, 0.15) is 25.2 Å². The van der Waals surface area contributed by atoms with Crippen LogP contribution in [-0.2, 0) is 18.4 Å². The fraction of sp³-hybridized carbons (Fsp3) is 0.333. The number of para-hydroxylation sites is 2. The summed E-state index contributed by atoms with van der Waals surface area (Å²) in [6, 6.07) is 7.59. The van der Waals surface area contributed by atoms with Gasteiger partial charge in [-0.1, -0.05) is 12.1 Å². The number of ketones is 1. The topological polar surface area (TPSA) is 92.5 Å². The van der Waals surface area contributed by atoms with Crippen LogP contribution in [-0.4, -0.2) is 35.5 Å². The summed E-state index contributed by atoms with van der Waals surface area (Å²) in [4.78, 5) is 42.2. The Labute approximate surface area is 171 Å². The van der Waals surface area contributed by atoms with Crippen LogP contribution in [0, 0.1) is 13.8 Å². The Bertz CT molecular complexity index is 1430. The van der Waals surface area contributed by atoms with Crippen molar-refractivity contribution in [3.8, 4) is 11.4 Å². The number of benzene rings is 1. The molecule has 0 unspecified atom stereocenters. The van der Waals surface area contributed by atoms with Crippen LogP contribution in [0.25, 0.3) is 22.6 Å². The second-order valence-corrected chi connectivity index (χ2v) is 7.26. The van der Waals surface area contributed by atoms with Crippen molar-refractivity contribution in [2.45, 2.75) is 34.2 Å². The summed E-state index contributed by atoms with van der Waals surface area (Å²) in [7, 11) is 1.55. The minimum atomic E-state index is -0.570. The summed E-state index contributed by atoms with van der Waals surface area (Å²) in [5.74, 6) is 0.917. The van der Waals surface area contributed by atoms with E-state index in [1.807, 2.05) is 49.6 Å². The molecule has 4 aromatic rings. The zero-order valence-electron chi connectivity index (χ0n) is 17.6. The van der Waals surface area contributed by atoms with E-state index in [0.29, 0.717) is 18.1 Å². The molecule has 0 aliphatic carbocycles. The minimum Gasteiger partial charge on any atom is -0.492 e. The highest BCUT2D eigenvalue weighted by molar-refractivity contribution is 5.79. The molecule has 0 N–H and O–H groups in total. The molecule has 0 aliphatic rings. The Morgan fingerprint density at radius 1 is 1.13 bits per heavy atom. The first-order valence-electron chi connectivity index (χ1n) is 9.69. The van der Waals surface area contributed by atoms with Gasteiger partial charge >= 0.3 is 5.69 Å². The first kappa shape index (κ1) is 19.7. The van der Waals surface area contributed by atoms with Crippen LogP contribution in [0.4, 0.5) is 0 Å². The van der Waals surface area contributed by atoms with E-state index >= 15 is 0 Å². The van der Waals surface area contributed by atoms with Crippen LogP contribution >= 0.6 is 0 Å². The maximum absolute atomic E-state index is 13.2. The molecule has 156 valence electrons. The number of hydrogen-bond acceptors (Lipinski definition) is 5. The first-order chi connectivity index (χ1) is 14.3. The van der Waals surface area contributed by atoms with E-state index in [9.17, 15) is 14.4 Å². The summed E-state index contributed by atoms with van der Waals surface area (Å²) in [5, 5.41) is 0. The average molecular weight is 409 g/mol. The van der Waals surface area contributed by atoms with Gasteiger partial charge in [0.05, 0.1) is 18.8 Å². The second-order valence-electron chi connectivity index (χ2n) is 7.26. The predicted octanol–water partition coefficient (Wildman–Crippen LogP) is 1.74. The van der Waals surface area contributed by atoms with Gasteiger partial charge in [0.1, 0.15) is 11.5 Å². The summed E-state index contributed by atoms with van der Waals surface area (Å²) >= 11 is 0. The first-order valence-corrected chi connectivity index (χ1v) is 9.69. The molecule has 0 saturated heterocycles. The van der Waals surface area contributed by atoms with Gasteiger partial charge < -0.3 is 4.74 Å². The summed E-state index contributed by atoms with van der Waals surface area (Å²) in [6.07, 6.45) is 0. The third-order valence-electron chi connectivity index (χ3n) is 5.31. The third kappa shape index (κ3) is 2.69. The molecule has 0 amide bonds. The van der Waals surface area contributed by atoms with Gasteiger partial charge in [-0.25, -0.2) is 4.79 Å². The number of carbonyl (C=O) groups is 1. The monoisotopic (exact) mass is 409 g/mol. The Hall–Kier alpha value is -3.62. The number of nitrogens with zero attached hydrogens (tertiary/aromatic N) is 5. The number of imidazole rings is 2. The normalized spacial score (nSPS) is 11.5. The number of aryl methyl sites for hydroxylation is 2. The number of rotatable bonds is 5. The third-order valence-corrected chi connectivity index (χ3v) is 5.31. The molecule has 0 aliphatic heterocycles. The van der Waals surface area contributed by atoms with Crippen molar-refractivity contribution in [1.29, 1.82) is 0 Å². The fourth-order valence-electron chi connectivity index (χ4n) is 3.82. The smallest absolute Gasteiger partial charge is 0.332 e. The average Bonchev–Trinajstić information content (AvgIpc) is 3.20. The summed E-state index contributed by atoms with van der Waals surface area (Å²) in [5.41, 5.74) is 1.92. The van der Waals surface area contributed by atoms with Crippen molar-refractivity contribution in [2.24, 2.45) is 7.05 Å². The van der Waals surface area contributed by atoms with E-state index in [0.717, 1.165) is 21.6 Å². The van der Waals surface area contributed by atoms with E-state index in [2.05, 4.69) is 4.98 Å². The highest BCUT2D eigenvalue weighted by Gasteiger charge is 2.24. The van der Waals surface area contributed by atoms with Crippen LogP contribution < -0.4 is 16.0 Å². The molecule has 9 nitrogen and oxygen atoms in total. The maximum Gasteiger partial charge on any atom is 0.332 e. The van der Waals surface area contributed by atoms with E-state index in [-0.39, 0.29) is 23.5 Å². The van der Waals surface area contributed by atoms with Gasteiger partial charge in [-0.15, -0.1) is 0 Å². The minimum absolute atomic E-state index is 0.265. The van der Waals surface area contributed by atoms with E-state index < -0.39 is 11.2 Å². The van der Waals surface area contributed by atoms with Crippen LogP contribution in [0.15, 0.2) is 33.9 Å². The van der Waals surface area contributed by atoms with Crippen molar-refractivity contribution in [2.75, 3.05) is 6.61 Å². The Kier molecular flexibility index (Phi) is 4.60.